The third-order valence-corrected chi connectivity index (χ3v) is 3.77. The molecule has 1 unspecified atom stereocenters. The highest BCUT2D eigenvalue weighted by Gasteiger charge is 2.24. The average molecular weight is 265 g/mol. The maximum atomic E-state index is 14.1. The van der Waals surface area contributed by atoms with Gasteiger partial charge in [-0.2, -0.15) is 0 Å². The summed E-state index contributed by atoms with van der Waals surface area (Å²) in [6, 6.07) is 7.20. The number of halogens is 1. The van der Waals surface area contributed by atoms with Gasteiger partial charge in [-0.05, 0) is 38.3 Å². The van der Waals surface area contributed by atoms with E-state index in [-0.39, 0.29) is 17.3 Å². The summed E-state index contributed by atoms with van der Waals surface area (Å²) in [5, 5.41) is 3.53. The van der Waals surface area contributed by atoms with Crippen LogP contribution in [0.1, 0.15) is 58.9 Å². The number of nitrogens with one attached hydrogen (secondary N) is 1. The fourth-order valence-corrected chi connectivity index (χ4v) is 2.58. The van der Waals surface area contributed by atoms with E-state index in [1.54, 1.807) is 12.1 Å². The lowest BCUT2D eigenvalue weighted by Gasteiger charge is -2.30. The zero-order valence-corrected chi connectivity index (χ0v) is 13.0. The molecule has 0 heterocycles. The third kappa shape index (κ3) is 4.94. The van der Waals surface area contributed by atoms with Crippen molar-refractivity contribution in [3.63, 3.8) is 0 Å². The summed E-state index contributed by atoms with van der Waals surface area (Å²) >= 11 is 0. The molecule has 0 spiro atoms. The highest BCUT2D eigenvalue weighted by molar-refractivity contribution is 5.23. The van der Waals surface area contributed by atoms with Crippen molar-refractivity contribution in [3.8, 4) is 0 Å². The first-order valence-electron chi connectivity index (χ1n) is 7.38. The Morgan fingerprint density at radius 1 is 1.11 bits per heavy atom. The summed E-state index contributed by atoms with van der Waals surface area (Å²) in [5.41, 5.74) is 0.920. The summed E-state index contributed by atoms with van der Waals surface area (Å²) in [4.78, 5) is 0. The zero-order chi connectivity index (χ0) is 14.5. The average Bonchev–Trinajstić information content (AvgIpc) is 2.34. The maximum Gasteiger partial charge on any atom is 0.126 e. The molecule has 0 aliphatic heterocycles. The van der Waals surface area contributed by atoms with Crippen molar-refractivity contribution in [3.05, 3.63) is 35.6 Å². The fraction of sp³-hybridized carbons (Fsp3) is 0.647. The Morgan fingerprint density at radius 3 is 2.16 bits per heavy atom. The summed E-state index contributed by atoms with van der Waals surface area (Å²) in [7, 11) is 0. The van der Waals surface area contributed by atoms with Gasteiger partial charge in [0.25, 0.3) is 0 Å². The molecule has 19 heavy (non-hydrogen) atoms. The first-order chi connectivity index (χ1) is 8.89. The van der Waals surface area contributed by atoms with E-state index < -0.39 is 0 Å². The van der Waals surface area contributed by atoms with E-state index in [9.17, 15) is 4.39 Å². The normalized spacial score (nSPS) is 13.8. The highest BCUT2D eigenvalue weighted by atomic mass is 19.1. The Morgan fingerprint density at radius 2 is 1.68 bits per heavy atom. The van der Waals surface area contributed by atoms with Gasteiger partial charge in [0.1, 0.15) is 5.82 Å². The lowest BCUT2D eigenvalue weighted by molar-refractivity contribution is 0.329. The molecule has 0 aliphatic carbocycles. The molecule has 108 valence electrons. The fourth-order valence-electron chi connectivity index (χ4n) is 2.58. The molecule has 0 aliphatic rings. The number of hydrogen-bond donors (Lipinski definition) is 1. The molecule has 0 saturated heterocycles. The quantitative estimate of drug-likeness (QED) is 0.784. The smallest absolute Gasteiger partial charge is 0.126 e. The second-order valence-corrected chi connectivity index (χ2v) is 6.34. The maximum absolute atomic E-state index is 14.1. The topological polar surface area (TPSA) is 12.0 Å². The molecule has 1 atom stereocenters. The minimum Gasteiger partial charge on any atom is -0.311 e. The van der Waals surface area contributed by atoms with Crippen LogP contribution in [0.2, 0.25) is 0 Å². The molecule has 0 bridgehead atoms. The Labute approximate surface area is 117 Å². The van der Waals surface area contributed by atoms with Crippen molar-refractivity contribution in [2.45, 2.75) is 58.9 Å². The van der Waals surface area contributed by atoms with Crippen LogP contribution in [0.3, 0.4) is 0 Å². The van der Waals surface area contributed by atoms with Crippen LogP contribution in [0.4, 0.5) is 4.39 Å². The summed E-state index contributed by atoms with van der Waals surface area (Å²) in [5.74, 6) is 0.692. The van der Waals surface area contributed by atoms with Gasteiger partial charge < -0.3 is 5.32 Å². The molecule has 1 aromatic rings. The molecule has 1 N–H and O–H groups in total. The van der Waals surface area contributed by atoms with E-state index in [0.717, 1.165) is 24.9 Å². The molecule has 1 rings (SSSR count). The first-order valence-corrected chi connectivity index (χ1v) is 7.38. The minimum atomic E-state index is -0.0740. The predicted molar refractivity (Wildman–Crippen MR) is 81.0 cm³/mol. The van der Waals surface area contributed by atoms with E-state index in [1.165, 1.54) is 0 Å². The summed E-state index contributed by atoms with van der Waals surface area (Å²) < 4.78 is 14.1. The van der Waals surface area contributed by atoms with Crippen molar-refractivity contribution in [1.29, 1.82) is 0 Å². The van der Waals surface area contributed by atoms with Gasteiger partial charge in [-0.15, -0.1) is 0 Å². The standard InChI is InChI=1S/C17H28FN/c1-6-13(7-2)15(12-19-17(3,4)5)14-10-8-9-11-16(14)18/h8-11,13,15,19H,6-7,12H2,1-5H3. The van der Waals surface area contributed by atoms with Crippen LogP contribution in [0.25, 0.3) is 0 Å². The van der Waals surface area contributed by atoms with E-state index in [1.807, 2.05) is 12.1 Å². The Bertz CT molecular complexity index is 377. The molecule has 0 saturated carbocycles. The molecule has 0 amide bonds. The number of benzene rings is 1. The van der Waals surface area contributed by atoms with Crippen molar-refractivity contribution in [2.75, 3.05) is 6.54 Å². The van der Waals surface area contributed by atoms with Gasteiger partial charge in [0.15, 0.2) is 0 Å². The van der Waals surface area contributed by atoms with Crippen molar-refractivity contribution >= 4 is 0 Å². The zero-order valence-electron chi connectivity index (χ0n) is 13.0. The molecule has 1 nitrogen and oxygen atoms in total. The van der Waals surface area contributed by atoms with Crippen LogP contribution in [0.15, 0.2) is 24.3 Å². The molecule has 0 aromatic heterocycles. The van der Waals surface area contributed by atoms with Crippen molar-refractivity contribution in [2.24, 2.45) is 5.92 Å². The van der Waals surface area contributed by atoms with Gasteiger partial charge in [-0.25, -0.2) is 4.39 Å². The number of rotatable bonds is 6. The summed E-state index contributed by atoms with van der Waals surface area (Å²) in [6.07, 6.45) is 2.17. The van der Waals surface area contributed by atoms with Crippen LogP contribution in [0.5, 0.6) is 0 Å². The van der Waals surface area contributed by atoms with Crippen molar-refractivity contribution in [1.82, 2.24) is 5.32 Å². The van der Waals surface area contributed by atoms with Gasteiger partial charge in [-0.1, -0.05) is 44.9 Å². The molecule has 0 radical (unpaired) electrons. The molecular weight excluding hydrogens is 237 g/mol. The van der Waals surface area contributed by atoms with Gasteiger partial charge in [-0.3, -0.25) is 0 Å². The number of hydrogen-bond acceptors (Lipinski definition) is 1. The van der Waals surface area contributed by atoms with Crippen LogP contribution in [-0.2, 0) is 0 Å². The largest absolute Gasteiger partial charge is 0.311 e. The van der Waals surface area contributed by atoms with Gasteiger partial charge in [0, 0.05) is 18.0 Å². The molecular formula is C17H28FN. The molecule has 0 fully saturated rings. The van der Waals surface area contributed by atoms with E-state index in [4.69, 9.17) is 0 Å². The van der Waals surface area contributed by atoms with E-state index in [0.29, 0.717) is 5.92 Å². The predicted octanol–water partition coefficient (Wildman–Crippen LogP) is 4.73. The van der Waals surface area contributed by atoms with Crippen molar-refractivity contribution < 1.29 is 4.39 Å². The Hall–Kier alpha value is -0.890. The van der Waals surface area contributed by atoms with Crippen LogP contribution < -0.4 is 5.32 Å². The third-order valence-electron chi connectivity index (χ3n) is 3.77. The molecule has 1 aromatic carbocycles. The van der Waals surface area contributed by atoms with Gasteiger partial charge in [0.2, 0.25) is 0 Å². The van der Waals surface area contributed by atoms with Crippen LogP contribution in [-0.4, -0.2) is 12.1 Å². The summed E-state index contributed by atoms with van der Waals surface area (Å²) in [6.45, 7) is 11.7. The SMILES string of the molecule is CCC(CC)C(CNC(C)(C)C)c1ccccc1F. The van der Waals surface area contributed by atoms with Crippen LogP contribution in [0, 0.1) is 11.7 Å². The van der Waals surface area contributed by atoms with Crippen LogP contribution >= 0.6 is 0 Å². The monoisotopic (exact) mass is 265 g/mol. The van der Waals surface area contributed by atoms with E-state index in [2.05, 4.69) is 39.9 Å². The lowest BCUT2D eigenvalue weighted by atomic mass is 9.82. The second-order valence-electron chi connectivity index (χ2n) is 6.34. The minimum absolute atomic E-state index is 0.0650. The second kappa shape index (κ2) is 7.04. The van der Waals surface area contributed by atoms with E-state index >= 15 is 0 Å². The Kier molecular flexibility index (Phi) is 5.99. The molecule has 2 heteroatoms. The Balaban J connectivity index is 2.95. The van der Waals surface area contributed by atoms with Gasteiger partial charge in [0.05, 0.1) is 0 Å². The highest BCUT2D eigenvalue weighted by Crippen LogP contribution is 2.31. The van der Waals surface area contributed by atoms with Gasteiger partial charge >= 0.3 is 0 Å². The lowest BCUT2D eigenvalue weighted by Crippen LogP contribution is -2.40. The first kappa shape index (κ1) is 16.2.